The molecule has 2 aliphatic rings. The third-order valence-corrected chi connectivity index (χ3v) is 7.93. The Morgan fingerprint density at radius 1 is 1.50 bits per heavy atom. The number of likely N-dealkylation sites (tertiary alicyclic amines) is 1. The number of nitrogens with zero attached hydrogens (tertiary/aromatic N) is 1. The summed E-state index contributed by atoms with van der Waals surface area (Å²) in [4.78, 5) is 2.24. The first-order chi connectivity index (χ1) is 9.57. The molecule has 0 amide bonds. The van der Waals surface area contributed by atoms with Gasteiger partial charge in [-0.25, -0.2) is 8.42 Å². The van der Waals surface area contributed by atoms with Crippen molar-refractivity contribution >= 4 is 21.2 Å². The first-order valence-corrected chi connectivity index (χ1v) is 9.70. The maximum Gasteiger partial charge on any atom is 0.158 e. The van der Waals surface area contributed by atoms with E-state index in [1.165, 1.54) is 5.56 Å². The number of hydrogen-bond acceptors (Lipinski definition) is 5. The van der Waals surface area contributed by atoms with Gasteiger partial charge in [0, 0.05) is 32.2 Å². The van der Waals surface area contributed by atoms with Crippen LogP contribution in [0, 0.1) is 5.92 Å². The molecular weight excluding hydrogens is 294 g/mol. The Morgan fingerprint density at radius 3 is 2.95 bits per heavy atom. The number of hydrogen-bond donors (Lipinski definition) is 0. The minimum atomic E-state index is -2.96. The van der Waals surface area contributed by atoms with Crippen LogP contribution >= 0.6 is 11.3 Å². The smallest absolute Gasteiger partial charge is 0.158 e. The van der Waals surface area contributed by atoms with Gasteiger partial charge in [-0.1, -0.05) is 0 Å². The second kappa shape index (κ2) is 5.40. The largest absolute Gasteiger partial charge is 0.381 e. The van der Waals surface area contributed by atoms with Crippen molar-refractivity contribution in [1.29, 1.82) is 0 Å². The average molecular weight is 315 g/mol. The lowest BCUT2D eigenvalue weighted by molar-refractivity contribution is 0.0292. The molecule has 3 heterocycles. The lowest BCUT2D eigenvalue weighted by Crippen LogP contribution is -2.67. The molecule has 1 unspecified atom stereocenters. The van der Waals surface area contributed by atoms with Crippen molar-refractivity contribution in [3.05, 3.63) is 22.4 Å². The Bertz CT molecular complexity index is 547. The Morgan fingerprint density at radius 2 is 2.30 bits per heavy atom. The normalized spacial score (nSPS) is 27.8. The molecule has 0 radical (unpaired) electrons. The third kappa shape index (κ3) is 2.32. The van der Waals surface area contributed by atoms with E-state index < -0.39 is 14.6 Å². The van der Waals surface area contributed by atoms with E-state index in [-0.39, 0.29) is 5.92 Å². The van der Waals surface area contributed by atoms with Gasteiger partial charge in [0.15, 0.2) is 9.84 Å². The molecule has 0 bridgehead atoms. The van der Waals surface area contributed by atoms with Gasteiger partial charge in [0.2, 0.25) is 0 Å². The topological polar surface area (TPSA) is 46.6 Å². The minimum absolute atomic E-state index is 0.172. The maximum absolute atomic E-state index is 12.4. The first kappa shape index (κ1) is 14.5. The highest BCUT2D eigenvalue weighted by Gasteiger charge is 2.61. The van der Waals surface area contributed by atoms with E-state index in [0.717, 1.165) is 13.0 Å². The summed E-state index contributed by atoms with van der Waals surface area (Å²) >= 11 is 1.69. The molecule has 2 fully saturated rings. The van der Waals surface area contributed by atoms with E-state index in [2.05, 4.69) is 21.7 Å². The van der Waals surface area contributed by atoms with Gasteiger partial charge in [0.05, 0.1) is 12.4 Å². The summed E-state index contributed by atoms with van der Waals surface area (Å²) in [5.41, 5.74) is 1.28. The van der Waals surface area contributed by atoms with Crippen molar-refractivity contribution in [1.82, 2.24) is 4.90 Å². The summed E-state index contributed by atoms with van der Waals surface area (Å²) < 4.78 is 29.8. The fourth-order valence-corrected chi connectivity index (χ4v) is 6.54. The Kier molecular flexibility index (Phi) is 3.92. The molecule has 1 spiro atoms. The van der Waals surface area contributed by atoms with E-state index in [4.69, 9.17) is 4.74 Å². The van der Waals surface area contributed by atoms with Gasteiger partial charge in [0.1, 0.15) is 4.75 Å². The van der Waals surface area contributed by atoms with Crippen molar-refractivity contribution < 1.29 is 13.2 Å². The average Bonchev–Trinajstić information content (AvgIpc) is 2.94. The van der Waals surface area contributed by atoms with Gasteiger partial charge in [-0.2, -0.15) is 11.3 Å². The molecule has 0 N–H and O–H groups in total. The summed E-state index contributed by atoms with van der Waals surface area (Å²) in [6.45, 7) is 5.40. The zero-order valence-electron chi connectivity index (χ0n) is 11.7. The lowest BCUT2D eigenvalue weighted by atomic mass is 9.83. The van der Waals surface area contributed by atoms with Gasteiger partial charge in [0.25, 0.3) is 0 Å². The van der Waals surface area contributed by atoms with Crippen molar-refractivity contribution in [3.8, 4) is 0 Å². The Balaban J connectivity index is 1.68. The predicted molar refractivity (Wildman–Crippen MR) is 80.7 cm³/mol. The second-order valence-electron chi connectivity index (χ2n) is 5.81. The maximum atomic E-state index is 12.4. The number of sulfone groups is 1. The molecule has 112 valence electrons. The van der Waals surface area contributed by atoms with Crippen molar-refractivity contribution in [2.75, 3.05) is 32.1 Å². The van der Waals surface area contributed by atoms with Crippen LogP contribution in [0.2, 0.25) is 0 Å². The van der Waals surface area contributed by atoms with Gasteiger partial charge in [-0.3, -0.25) is 4.90 Å². The van der Waals surface area contributed by atoms with Gasteiger partial charge >= 0.3 is 0 Å². The monoisotopic (exact) mass is 315 g/mol. The second-order valence-corrected chi connectivity index (χ2v) is 9.04. The molecule has 2 aliphatic heterocycles. The molecule has 0 saturated carbocycles. The van der Waals surface area contributed by atoms with Crippen molar-refractivity contribution in [2.45, 2.75) is 24.6 Å². The van der Waals surface area contributed by atoms with Crippen LogP contribution in [-0.4, -0.2) is 50.1 Å². The zero-order valence-corrected chi connectivity index (χ0v) is 13.4. The highest BCUT2D eigenvalue weighted by molar-refractivity contribution is 7.93. The summed E-state index contributed by atoms with van der Waals surface area (Å²) in [5, 5.41) is 4.20. The van der Waals surface area contributed by atoms with Crippen LogP contribution in [0.1, 0.15) is 18.9 Å². The molecule has 1 atom stereocenters. The molecular formula is C14H21NO3S2. The SMILES string of the molecule is CCOCC1CCS(=O)(=O)C12CN(Cc1ccsc1)C2. The Hall–Kier alpha value is -0.430. The van der Waals surface area contributed by atoms with Crippen LogP contribution in [0.15, 0.2) is 16.8 Å². The number of ether oxygens (including phenoxy) is 1. The molecule has 1 aromatic heterocycles. The zero-order chi connectivity index (χ0) is 14.2. The molecule has 0 aromatic carbocycles. The summed E-state index contributed by atoms with van der Waals surface area (Å²) in [7, 11) is -2.96. The molecule has 2 saturated heterocycles. The van der Waals surface area contributed by atoms with Crippen LogP contribution < -0.4 is 0 Å². The highest BCUT2D eigenvalue weighted by atomic mass is 32.2. The molecule has 6 heteroatoms. The summed E-state index contributed by atoms with van der Waals surface area (Å²) in [6, 6.07) is 2.11. The number of rotatable bonds is 5. The van der Waals surface area contributed by atoms with Gasteiger partial charge in [-0.05, 0) is 35.7 Å². The molecule has 1 aromatic rings. The van der Waals surface area contributed by atoms with Gasteiger partial charge < -0.3 is 4.74 Å². The molecule has 0 aliphatic carbocycles. The first-order valence-electron chi connectivity index (χ1n) is 7.11. The van der Waals surface area contributed by atoms with E-state index in [0.29, 0.717) is 32.1 Å². The van der Waals surface area contributed by atoms with Crippen LogP contribution in [0.4, 0.5) is 0 Å². The van der Waals surface area contributed by atoms with Crippen LogP contribution in [0.3, 0.4) is 0 Å². The quantitative estimate of drug-likeness (QED) is 0.831. The fourth-order valence-electron chi connectivity index (χ4n) is 3.43. The van der Waals surface area contributed by atoms with Crippen molar-refractivity contribution in [2.24, 2.45) is 5.92 Å². The van der Waals surface area contributed by atoms with Crippen molar-refractivity contribution in [3.63, 3.8) is 0 Å². The summed E-state index contributed by atoms with van der Waals surface area (Å²) in [6.07, 6.45) is 0.759. The molecule has 20 heavy (non-hydrogen) atoms. The summed E-state index contributed by atoms with van der Waals surface area (Å²) in [5.74, 6) is 0.503. The number of thiophene rings is 1. The van der Waals surface area contributed by atoms with Gasteiger partial charge in [-0.15, -0.1) is 0 Å². The highest BCUT2D eigenvalue weighted by Crippen LogP contribution is 2.45. The molecule has 3 rings (SSSR count). The van der Waals surface area contributed by atoms with Crippen LogP contribution in [0.25, 0.3) is 0 Å². The van der Waals surface area contributed by atoms with Crippen LogP contribution in [0.5, 0.6) is 0 Å². The van der Waals surface area contributed by atoms with E-state index in [1.54, 1.807) is 11.3 Å². The van der Waals surface area contributed by atoms with E-state index in [9.17, 15) is 8.42 Å². The standard InChI is InChI=1S/C14H21NO3S2/c1-2-18-8-13-4-6-20(16,17)14(13)10-15(11-14)7-12-3-5-19-9-12/h3,5,9,13H,2,4,6-8,10-11H2,1H3. The minimum Gasteiger partial charge on any atom is -0.381 e. The third-order valence-electron chi connectivity index (χ3n) is 4.59. The predicted octanol–water partition coefficient (Wildman–Crippen LogP) is 1.77. The molecule has 4 nitrogen and oxygen atoms in total. The van der Waals surface area contributed by atoms with E-state index >= 15 is 0 Å². The fraction of sp³-hybridized carbons (Fsp3) is 0.714. The lowest BCUT2D eigenvalue weighted by Gasteiger charge is -2.50. The van der Waals surface area contributed by atoms with Crippen LogP contribution in [-0.2, 0) is 21.1 Å². The Labute approximate surface area is 124 Å². The van der Waals surface area contributed by atoms with E-state index in [1.807, 2.05) is 6.92 Å².